The Morgan fingerprint density at radius 2 is 1.78 bits per heavy atom. The first-order valence-electron chi connectivity index (χ1n) is 9.24. The van der Waals surface area contributed by atoms with Crippen molar-refractivity contribution in [2.24, 2.45) is 23.2 Å². The summed E-state index contributed by atoms with van der Waals surface area (Å²) in [5, 5.41) is 7.30. The summed E-state index contributed by atoms with van der Waals surface area (Å²) < 4.78 is 5.17. The van der Waals surface area contributed by atoms with Crippen molar-refractivity contribution in [3.05, 3.63) is 17.0 Å². The molecular weight excluding hydrogens is 288 g/mol. The predicted molar refractivity (Wildman–Crippen MR) is 88.1 cm³/mol. The zero-order valence-electron chi connectivity index (χ0n) is 14.5. The molecule has 0 aromatic carbocycles. The van der Waals surface area contributed by atoms with Gasteiger partial charge >= 0.3 is 0 Å². The van der Waals surface area contributed by atoms with Crippen LogP contribution in [0.1, 0.15) is 73.7 Å². The van der Waals surface area contributed by atoms with Crippen LogP contribution in [-0.2, 0) is 0 Å². The van der Waals surface area contributed by atoms with E-state index in [0.29, 0.717) is 22.4 Å². The standard InChI is InChI=1S/C19H28N2O2/c1-4-16(20-18(22)17-11(2)21-23-12(17)3)19-8-13-5-14(9-19)7-15(6-13)10-19/h13-16H,4-10H2,1-3H3,(H,20,22)/t13?,14?,15?,16-,19?/m1/s1. The maximum absolute atomic E-state index is 12.8. The minimum atomic E-state index is 0.00356. The van der Waals surface area contributed by atoms with E-state index in [1.54, 1.807) is 0 Å². The lowest BCUT2D eigenvalue weighted by atomic mass is 9.47. The predicted octanol–water partition coefficient (Wildman–Crippen LogP) is 4.02. The highest BCUT2D eigenvalue weighted by molar-refractivity contribution is 5.96. The molecule has 23 heavy (non-hydrogen) atoms. The minimum Gasteiger partial charge on any atom is -0.361 e. The molecule has 126 valence electrons. The van der Waals surface area contributed by atoms with Crippen molar-refractivity contribution in [2.75, 3.05) is 0 Å². The molecule has 4 fully saturated rings. The number of hydrogen-bond acceptors (Lipinski definition) is 3. The maximum atomic E-state index is 12.8. The molecule has 0 saturated heterocycles. The van der Waals surface area contributed by atoms with Gasteiger partial charge in [-0.05, 0) is 82.0 Å². The van der Waals surface area contributed by atoms with Crippen LogP contribution in [0.25, 0.3) is 0 Å². The van der Waals surface area contributed by atoms with Crippen LogP contribution >= 0.6 is 0 Å². The topological polar surface area (TPSA) is 55.1 Å². The maximum Gasteiger partial charge on any atom is 0.257 e. The van der Waals surface area contributed by atoms with E-state index in [2.05, 4.69) is 17.4 Å². The molecule has 0 unspecified atom stereocenters. The van der Waals surface area contributed by atoms with Gasteiger partial charge in [-0.2, -0.15) is 0 Å². The normalized spacial score (nSPS) is 36.2. The summed E-state index contributed by atoms with van der Waals surface area (Å²) in [6.07, 6.45) is 9.29. The van der Waals surface area contributed by atoms with E-state index in [4.69, 9.17) is 4.52 Å². The Kier molecular flexibility index (Phi) is 3.54. The van der Waals surface area contributed by atoms with Gasteiger partial charge in [-0.25, -0.2) is 0 Å². The molecule has 4 aliphatic rings. The summed E-state index contributed by atoms with van der Waals surface area (Å²) >= 11 is 0. The fourth-order valence-corrected chi connectivity index (χ4v) is 6.33. The average Bonchev–Trinajstić information content (AvgIpc) is 2.82. The number of hydrogen-bond donors (Lipinski definition) is 1. The average molecular weight is 316 g/mol. The van der Waals surface area contributed by atoms with Crippen LogP contribution in [0.3, 0.4) is 0 Å². The molecule has 5 rings (SSSR count). The Morgan fingerprint density at radius 1 is 1.22 bits per heavy atom. The lowest BCUT2D eigenvalue weighted by molar-refractivity contribution is -0.0727. The molecular formula is C19H28N2O2. The number of aromatic nitrogens is 1. The molecule has 0 radical (unpaired) electrons. The third-order valence-electron chi connectivity index (χ3n) is 6.80. The number of nitrogens with zero attached hydrogens (tertiary/aromatic N) is 1. The monoisotopic (exact) mass is 316 g/mol. The van der Waals surface area contributed by atoms with Crippen LogP contribution in [0.2, 0.25) is 0 Å². The van der Waals surface area contributed by atoms with Crippen molar-refractivity contribution in [3.8, 4) is 0 Å². The van der Waals surface area contributed by atoms with Gasteiger partial charge < -0.3 is 9.84 Å². The molecule has 4 heteroatoms. The van der Waals surface area contributed by atoms with Crippen LogP contribution < -0.4 is 5.32 Å². The molecule has 4 saturated carbocycles. The third-order valence-corrected chi connectivity index (χ3v) is 6.80. The van der Waals surface area contributed by atoms with E-state index in [1.807, 2.05) is 13.8 Å². The van der Waals surface area contributed by atoms with Gasteiger partial charge in [-0.1, -0.05) is 12.1 Å². The number of carbonyl (C=O) groups is 1. The molecule has 0 aliphatic heterocycles. The van der Waals surface area contributed by atoms with Gasteiger partial charge in [-0.15, -0.1) is 0 Å². The van der Waals surface area contributed by atoms with E-state index >= 15 is 0 Å². The summed E-state index contributed by atoms with van der Waals surface area (Å²) in [4.78, 5) is 12.8. The molecule has 1 N–H and O–H groups in total. The first-order valence-corrected chi connectivity index (χ1v) is 9.24. The van der Waals surface area contributed by atoms with Crippen LogP contribution in [-0.4, -0.2) is 17.1 Å². The molecule has 1 heterocycles. The SMILES string of the molecule is CC[C@@H](NC(=O)c1c(C)noc1C)C12CC3CC(CC(C3)C1)C2. The van der Waals surface area contributed by atoms with E-state index in [0.717, 1.165) is 24.2 Å². The molecule has 4 nitrogen and oxygen atoms in total. The number of nitrogens with one attached hydrogen (secondary N) is 1. The fraction of sp³-hybridized carbons (Fsp3) is 0.789. The second kappa shape index (κ2) is 5.35. The fourth-order valence-electron chi connectivity index (χ4n) is 6.33. The third kappa shape index (κ3) is 2.41. The molecule has 1 aromatic heterocycles. The van der Waals surface area contributed by atoms with Gasteiger partial charge in [-0.3, -0.25) is 4.79 Å². The zero-order valence-corrected chi connectivity index (χ0v) is 14.5. The van der Waals surface area contributed by atoms with E-state index < -0.39 is 0 Å². The largest absolute Gasteiger partial charge is 0.361 e. The van der Waals surface area contributed by atoms with Gasteiger partial charge in [0.1, 0.15) is 11.3 Å². The molecule has 1 amide bonds. The summed E-state index contributed by atoms with van der Waals surface area (Å²) in [5.41, 5.74) is 1.67. The first-order chi connectivity index (χ1) is 11.0. The Morgan fingerprint density at radius 3 is 2.22 bits per heavy atom. The van der Waals surface area contributed by atoms with Crippen LogP contribution in [0.4, 0.5) is 0 Å². The van der Waals surface area contributed by atoms with Gasteiger partial charge in [0.15, 0.2) is 0 Å². The van der Waals surface area contributed by atoms with Crippen molar-refractivity contribution in [3.63, 3.8) is 0 Å². The van der Waals surface area contributed by atoms with Gasteiger partial charge in [0.25, 0.3) is 5.91 Å². The second-order valence-corrected chi connectivity index (χ2v) is 8.41. The van der Waals surface area contributed by atoms with Crippen molar-refractivity contribution in [1.82, 2.24) is 10.5 Å². The Balaban J connectivity index is 1.56. The lowest BCUT2D eigenvalue weighted by Gasteiger charge is -2.59. The van der Waals surface area contributed by atoms with E-state index in [1.165, 1.54) is 38.5 Å². The summed E-state index contributed by atoms with van der Waals surface area (Å²) in [5.74, 6) is 3.35. The van der Waals surface area contributed by atoms with Crippen molar-refractivity contribution >= 4 is 5.91 Å². The van der Waals surface area contributed by atoms with E-state index in [-0.39, 0.29) is 11.9 Å². The van der Waals surface area contributed by atoms with Crippen molar-refractivity contribution in [2.45, 2.75) is 71.8 Å². The van der Waals surface area contributed by atoms with Crippen molar-refractivity contribution in [1.29, 1.82) is 0 Å². The molecule has 0 spiro atoms. The Hall–Kier alpha value is -1.32. The van der Waals surface area contributed by atoms with Gasteiger partial charge in [0, 0.05) is 6.04 Å². The summed E-state index contributed by atoms with van der Waals surface area (Å²) in [6, 6.07) is 0.289. The molecule has 1 atom stereocenters. The second-order valence-electron chi connectivity index (χ2n) is 8.41. The number of rotatable bonds is 4. The van der Waals surface area contributed by atoms with E-state index in [9.17, 15) is 4.79 Å². The summed E-state index contributed by atoms with van der Waals surface area (Å²) in [7, 11) is 0. The number of aryl methyl sites for hydroxylation is 2. The number of carbonyl (C=O) groups excluding carboxylic acids is 1. The Bertz CT molecular complexity index is 564. The molecule has 4 aliphatic carbocycles. The highest BCUT2D eigenvalue weighted by Crippen LogP contribution is 2.61. The highest BCUT2D eigenvalue weighted by atomic mass is 16.5. The highest BCUT2D eigenvalue weighted by Gasteiger charge is 2.54. The zero-order chi connectivity index (χ0) is 16.2. The minimum absolute atomic E-state index is 0.00356. The lowest BCUT2D eigenvalue weighted by Crippen LogP contribution is -2.56. The molecule has 1 aromatic rings. The van der Waals surface area contributed by atoms with Gasteiger partial charge in [0.05, 0.1) is 5.69 Å². The Labute approximate surface area is 138 Å². The first kappa shape index (κ1) is 15.2. The van der Waals surface area contributed by atoms with Crippen LogP contribution in [0, 0.1) is 37.0 Å². The van der Waals surface area contributed by atoms with Crippen LogP contribution in [0.15, 0.2) is 4.52 Å². The van der Waals surface area contributed by atoms with Crippen LogP contribution in [0.5, 0.6) is 0 Å². The summed E-state index contributed by atoms with van der Waals surface area (Å²) in [6.45, 7) is 5.88. The quantitative estimate of drug-likeness (QED) is 0.913. The smallest absolute Gasteiger partial charge is 0.257 e. The van der Waals surface area contributed by atoms with Gasteiger partial charge in [0.2, 0.25) is 0 Å². The molecule has 4 bridgehead atoms. The van der Waals surface area contributed by atoms with Crippen molar-refractivity contribution < 1.29 is 9.32 Å². The number of amides is 1.